The van der Waals surface area contributed by atoms with Crippen LogP contribution in [-0.2, 0) is 9.47 Å². The smallest absolute Gasteiger partial charge is 0.441 e. The predicted molar refractivity (Wildman–Crippen MR) is 30.9 cm³/mol. The summed E-state index contributed by atoms with van der Waals surface area (Å²) in [4.78, 5) is 0. The molecule has 0 radical (unpaired) electrons. The van der Waals surface area contributed by atoms with E-state index in [0.717, 1.165) is 0 Å². The SMILES string of the molecule is FC(F)(F)C1(C(F)(F)F)OC=C(Cl)O1. The molecule has 0 bridgehead atoms. The van der Waals surface area contributed by atoms with Gasteiger partial charge in [-0.15, -0.1) is 0 Å². The highest BCUT2D eigenvalue weighted by Crippen LogP contribution is 2.50. The molecule has 0 aromatic heterocycles. The highest BCUT2D eigenvalue weighted by atomic mass is 35.5. The minimum Gasteiger partial charge on any atom is -0.441 e. The third kappa shape index (κ3) is 1.47. The van der Waals surface area contributed by atoms with Crippen LogP contribution < -0.4 is 0 Å². The molecule has 1 aliphatic heterocycles. The van der Waals surface area contributed by atoms with Crippen molar-refractivity contribution in [3.63, 3.8) is 0 Å². The van der Waals surface area contributed by atoms with Crippen LogP contribution in [0.2, 0.25) is 0 Å². The quantitative estimate of drug-likeness (QED) is 0.608. The Morgan fingerprint density at radius 1 is 1.07 bits per heavy atom. The Morgan fingerprint density at radius 3 is 1.64 bits per heavy atom. The molecule has 0 aromatic rings. The van der Waals surface area contributed by atoms with Crippen LogP contribution in [0.25, 0.3) is 0 Å². The first-order valence-corrected chi connectivity index (χ1v) is 3.34. The van der Waals surface area contributed by atoms with Crippen LogP contribution in [0.3, 0.4) is 0 Å². The summed E-state index contributed by atoms with van der Waals surface area (Å²) in [5.74, 6) is -4.68. The van der Waals surface area contributed by atoms with Gasteiger partial charge in [-0.05, 0) is 11.6 Å². The molecule has 82 valence electrons. The highest BCUT2D eigenvalue weighted by molar-refractivity contribution is 6.28. The van der Waals surface area contributed by atoms with E-state index in [1.807, 2.05) is 0 Å². The number of ether oxygens (including phenoxy) is 2. The van der Waals surface area contributed by atoms with Crippen LogP contribution in [0.5, 0.6) is 0 Å². The van der Waals surface area contributed by atoms with Crippen molar-refractivity contribution in [1.82, 2.24) is 0 Å². The molecule has 0 N–H and O–H groups in total. The Balaban J connectivity index is 3.08. The Morgan fingerprint density at radius 2 is 1.50 bits per heavy atom. The maximum absolute atomic E-state index is 12.0. The van der Waals surface area contributed by atoms with Gasteiger partial charge in [-0.2, -0.15) is 26.3 Å². The molecule has 1 aliphatic rings. The molecule has 0 aromatic carbocycles. The zero-order chi connectivity index (χ0) is 11.2. The molecular formula is C5HClF6O2. The molecule has 0 fully saturated rings. The van der Waals surface area contributed by atoms with E-state index in [2.05, 4.69) is 9.47 Å². The highest BCUT2D eigenvalue weighted by Gasteiger charge is 2.78. The molecule has 0 atom stereocenters. The molecule has 1 heterocycles. The first-order valence-electron chi connectivity index (χ1n) is 2.96. The molecule has 1 rings (SSSR count). The largest absolute Gasteiger partial charge is 0.478 e. The summed E-state index contributed by atoms with van der Waals surface area (Å²) in [6.45, 7) is 0. The van der Waals surface area contributed by atoms with Gasteiger partial charge < -0.3 is 9.47 Å². The Kier molecular flexibility index (Phi) is 2.30. The van der Waals surface area contributed by atoms with Gasteiger partial charge >= 0.3 is 18.1 Å². The summed E-state index contributed by atoms with van der Waals surface area (Å²) in [6.07, 6.45) is -11.5. The van der Waals surface area contributed by atoms with Gasteiger partial charge in [-0.25, -0.2) is 0 Å². The maximum atomic E-state index is 12.0. The summed E-state index contributed by atoms with van der Waals surface area (Å²) in [5, 5.41) is -1.11. The van der Waals surface area contributed by atoms with E-state index in [1.165, 1.54) is 0 Å². The summed E-state index contributed by atoms with van der Waals surface area (Å²) in [5.41, 5.74) is 0. The lowest BCUT2D eigenvalue weighted by Gasteiger charge is -2.30. The summed E-state index contributed by atoms with van der Waals surface area (Å²) >= 11 is 4.82. The normalized spacial score (nSPS) is 21.2. The molecule has 0 spiro atoms. The van der Waals surface area contributed by atoms with Gasteiger partial charge in [0.05, 0.1) is 0 Å². The first-order chi connectivity index (χ1) is 6.10. The molecule has 9 heteroatoms. The molecule has 0 saturated heterocycles. The van der Waals surface area contributed by atoms with Crippen molar-refractivity contribution in [2.24, 2.45) is 0 Å². The lowest BCUT2D eigenvalue weighted by atomic mass is 10.2. The van der Waals surface area contributed by atoms with Crippen molar-refractivity contribution in [2.75, 3.05) is 0 Å². The number of hydrogen-bond acceptors (Lipinski definition) is 2. The maximum Gasteiger partial charge on any atom is 0.478 e. The molecule has 2 nitrogen and oxygen atoms in total. The van der Waals surface area contributed by atoms with Crippen molar-refractivity contribution in [3.05, 3.63) is 11.5 Å². The summed E-state index contributed by atoms with van der Waals surface area (Å²) < 4.78 is 79.0. The van der Waals surface area contributed by atoms with Gasteiger partial charge in [-0.3, -0.25) is 0 Å². The fourth-order valence-electron chi connectivity index (χ4n) is 0.725. The van der Waals surface area contributed by atoms with Crippen molar-refractivity contribution in [2.45, 2.75) is 18.1 Å². The molecular weight excluding hydrogens is 241 g/mol. The standard InChI is InChI=1S/C5HClF6O2/c6-2-1-13-3(14-2,4(7,8)9)5(10,11)12/h1H. The second kappa shape index (κ2) is 2.85. The minimum atomic E-state index is -5.77. The Labute approximate surface area is 78.0 Å². The zero-order valence-corrected chi connectivity index (χ0v) is 6.80. The van der Waals surface area contributed by atoms with Crippen LogP contribution in [0.1, 0.15) is 0 Å². The van der Waals surface area contributed by atoms with E-state index in [1.54, 1.807) is 0 Å². The average Bonchev–Trinajstić information content (AvgIpc) is 2.28. The number of rotatable bonds is 0. The minimum absolute atomic E-state index is 0.0442. The van der Waals surface area contributed by atoms with Crippen LogP contribution in [-0.4, -0.2) is 18.1 Å². The van der Waals surface area contributed by atoms with Crippen LogP contribution in [0, 0.1) is 0 Å². The Bertz CT molecular complexity index is 252. The van der Waals surface area contributed by atoms with Crippen LogP contribution in [0.4, 0.5) is 26.3 Å². The van der Waals surface area contributed by atoms with Gasteiger partial charge in [0.15, 0.2) is 0 Å². The topological polar surface area (TPSA) is 18.5 Å². The van der Waals surface area contributed by atoms with Crippen molar-refractivity contribution < 1.29 is 35.8 Å². The number of hydrogen-bond donors (Lipinski definition) is 0. The monoisotopic (exact) mass is 242 g/mol. The molecule has 14 heavy (non-hydrogen) atoms. The molecule has 0 unspecified atom stereocenters. The first kappa shape index (κ1) is 11.3. The summed E-state index contributed by atoms with van der Waals surface area (Å²) in [7, 11) is 0. The molecule has 0 aliphatic carbocycles. The third-order valence-electron chi connectivity index (χ3n) is 1.31. The van der Waals surface area contributed by atoms with Gasteiger partial charge in [0, 0.05) is 0 Å². The van der Waals surface area contributed by atoms with Gasteiger partial charge in [0.2, 0.25) is 5.22 Å². The number of halogens is 7. The van der Waals surface area contributed by atoms with Crippen LogP contribution >= 0.6 is 11.6 Å². The van der Waals surface area contributed by atoms with E-state index >= 15 is 0 Å². The van der Waals surface area contributed by atoms with E-state index in [0.29, 0.717) is 0 Å². The fraction of sp³-hybridized carbons (Fsp3) is 0.600. The molecule has 0 saturated carbocycles. The van der Waals surface area contributed by atoms with Gasteiger partial charge in [0.1, 0.15) is 6.26 Å². The predicted octanol–water partition coefficient (Wildman–Crippen LogP) is 2.89. The summed E-state index contributed by atoms with van der Waals surface area (Å²) in [6, 6.07) is 0. The van der Waals surface area contributed by atoms with E-state index in [9.17, 15) is 26.3 Å². The lowest BCUT2D eigenvalue weighted by Crippen LogP contribution is -2.57. The van der Waals surface area contributed by atoms with E-state index < -0.39 is 23.4 Å². The zero-order valence-electron chi connectivity index (χ0n) is 6.04. The lowest BCUT2D eigenvalue weighted by molar-refractivity contribution is -0.435. The number of alkyl halides is 6. The second-order valence-electron chi connectivity index (χ2n) is 2.25. The third-order valence-corrected chi connectivity index (χ3v) is 1.47. The second-order valence-corrected chi connectivity index (χ2v) is 2.63. The van der Waals surface area contributed by atoms with Crippen molar-refractivity contribution in [3.8, 4) is 0 Å². The van der Waals surface area contributed by atoms with Crippen molar-refractivity contribution in [1.29, 1.82) is 0 Å². The average molecular weight is 243 g/mol. The fourth-order valence-corrected chi connectivity index (χ4v) is 0.878. The molecule has 0 amide bonds. The van der Waals surface area contributed by atoms with E-state index in [-0.39, 0.29) is 6.26 Å². The Hall–Kier alpha value is -0.790. The van der Waals surface area contributed by atoms with Gasteiger partial charge in [-0.1, -0.05) is 0 Å². The van der Waals surface area contributed by atoms with Crippen molar-refractivity contribution >= 4 is 11.6 Å². The van der Waals surface area contributed by atoms with Gasteiger partial charge in [0.25, 0.3) is 0 Å². The van der Waals surface area contributed by atoms with E-state index in [4.69, 9.17) is 11.6 Å². The van der Waals surface area contributed by atoms with Crippen LogP contribution in [0.15, 0.2) is 11.5 Å².